The van der Waals surface area contributed by atoms with Crippen molar-refractivity contribution in [2.45, 2.75) is 39.2 Å². The first-order chi connectivity index (χ1) is 6.20. The number of ether oxygens (including phenoxy) is 1. The molecule has 1 atom stereocenters. The molecule has 76 valence electrons. The van der Waals surface area contributed by atoms with Crippen molar-refractivity contribution in [3.05, 3.63) is 0 Å². The Morgan fingerprint density at radius 3 is 2.85 bits per heavy atom. The van der Waals surface area contributed by atoms with Gasteiger partial charge < -0.3 is 10.1 Å². The van der Waals surface area contributed by atoms with Crippen LogP contribution >= 0.6 is 0 Å². The predicted octanol–water partition coefficient (Wildman–Crippen LogP) is 0.854. The van der Waals surface area contributed by atoms with Gasteiger partial charge in [0.25, 0.3) is 0 Å². The minimum absolute atomic E-state index is 0.0417. The Morgan fingerprint density at radius 2 is 2.31 bits per heavy atom. The van der Waals surface area contributed by atoms with Crippen LogP contribution in [0.4, 0.5) is 0 Å². The van der Waals surface area contributed by atoms with Gasteiger partial charge in [-0.3, -0.25) is 9.59 Å². The molecule has 1 N–H and O–H groups in total. The number of rotatable bonds is 7. The van der Waals surface area contributed by atoms with Gasteiger partial charge in [-0.2, -0.15) is 0 Å². The van der Waals surface area contributed by atoms with E-state index in [4.69, 9.17) is 4.74 Å². The summed E-state index contributed by atoms with van der Waals surface area (Å²) in [6.07, 6.45) is 3.45. The molecule has 0 heterocycles. The van der Waals surface area contributed by atoms with Crippen molar-refractivity contribution < 1.29 is 14.3 Å². The predicted molar refractivity (Wildman–Crippen MR) is 49.1 cm³/mol. The van der Waals surface area contributed by atoms with E-state index in [9.17, 15) is 9.59 Å². The van der Waals surface area contributed by atoms with Gasteiger partial charge in [0.15, 0.2) is 0 Å². The zero-order valence-electron chi connectivity index (χ0n) is 8.21. The molecule has 0 fully saturated rings. The van der Waals surface area contributed by atoms with Crippen LogP contribution in [0.5, 0.6) is 0 Å². The Balaban J connectivity index is 3.46. The highest BCUT2D eigenvalue weighted by atomic mass is 16.5. The van der Waals surface area contributed by atoms with Crippen LogP contribution in [0.1, 0.15) is 33.1 Å². The van der Waals surface area contributed by atoms with Crippen LogP contribution in [-0.4, -0.2) is 25.0 Å². The van der Waals surface area contributed by atoms with Gasteiger partial charge in [0.05, 0.1) is 6.10 Å². The first-order valence-corrected chi connectivity index (χ1v) is 4.57. The molecule has 13 heavy (non-hydrogen) atoms. The Bertz CT molecular complexity index is 159. The van der Waals surface area contributed by atoms with Gasteiger partial charge in [0.1, 0.15) is 6.54 Å². The average molecular weight is 187 g/mol. The first kappa shape index (κ1) is 11.9. The molecule has 0 spiro atoms. The molecule has 0 aromatic carbocycles. The van der Waals surface area contributed by atoms with Gasteiger partial charge in [0, 0.05) is 0 Å². The van der Waals surface area contributed by atoms with E-state index in [1.54, 1.807) is 0 Å². The normalized spacial score (nSPS) is 11.8. The van der Waals surface area contributed by atoms with E-state index >= 15 is 0 Å². The summed E-state index contributed by atoms with van der Waals surface area (Å²) in [5, 5.41) is 2.25. The molecule has 0 saturated carbocycles. The van der Waals surface area contributed by atoms with E-state index in [1.165, 1.54) is 0 Å². The molecule has 0 rings (SSSR count). The summed E-state index contributed by atoms with van der Waals surface area (Å²) in [5.74, 6) is -0.379. The Kier molecular flexibility index (Phi) is 6.96. The van der Waals surface area contributed by atoms with E-state index in [0.717, 1.165) is 19.3 Å². The Hall–Kier alpha value is -1.06. The van der Waals surface area contributed by atoms with Crippen molar-refractivity contribution in [2.75, 3.05) is 6.54 Å². The molecule has 0 radical (unpaired) electrons. The minimum atomic E-state index is -0.379. The van der Waals surface area contributed by atoms with Crippen molar-refractivity contribution in [1.82, 2.24) is 5.32 Å². The lowest BCUT2D eigenvalue weighted by molar-refractivity contribution is -0.147. The molecule has 1 amide bonds. The molecule has 0 aromatic heterocycles. The number of nitrogens with one attached hydrogen (secondary N) is 1. The largest absolute Gasteiger partial charge is 0.461 e. The van der Waals surface area contributed by atoms with E-state index in [-0.39, 0.29) is 18.6 Å². The maximum Gasteiger partial charge on any atom is 0.325 e. The fourth-order valence-electron chi connectivity index (χ4n) is 0.942. The third-order valence-electron chi connectivity index (χ3n) is 1.63. The lowest BCUT2D eigenvalue weighted by Crippen LogP contribution is -2.26. The molecule has 0 aliphatic rings. The van der Waals surface area contributed by atoms with Crippen LogP contribution in [0.15, 0.2) is 0 Å². The number of unbranched alkanes of at least 4 members (excludes halogenated alkanes) is 1. The molecule has 0 bridgehead atoms. The third kappa shape index (κ3) is 7.31. The highest BCUT2D eigenvalue weighted by molar-refractivity contribution is 5.74. The fraction of sp³-hybridized carbons (Fsp3) is 0.778. The molecule has 0 unspecified atom stereocenters. The second-order valence-electron chi connectivity index (χ2n) is 2.94. The number of carbonyl (C=O) groups is 2. The van der Waals surface area contributed by atoms with Crippen LogP contribution in [0.3, 0.4) is 0 Å². The van der Waals surface area contributed by atoms with Crippen molar-refractivity contribution in [3.63, 3.8) is 0 Å². The minimum Gasteiger partial charge on any atom is -0.461 e. The standard InChI is InChI=1S/C9H17NO3/c1-3-4-5-8(2)13-9(12)6-10-7-11/h7-8H,3-6H2,1-2H3,(H,10,11)/t8-/m1/s1. The number of hydrogen-bond donors (Lipinski definition) is 1. The van der Waals surface area contributed by atoms with Crippen molar-refractivity contribution in [1.29, 1.82) is 0 Å². The van der Waals surface area contributed by atoms with Crippen molar-refractivity contribution in [2.24, 2.45) is 0 Å². The molecule has 0 aliphatic carbocycles. The van der Waals surface area contributed by atoms with Gasteiger partial charge in [0.2, 0.25) is 6.41 Å². The summed E-state index contributed by atoms with van der Waals surface area (Å²) in [7, 11) is 0. The maximum atomic E-state index is 10.9. The molecular weight excluding hydrogens is 170 g/mol. The van der Waals surface area contributed by atoms with Gasteiger partial charge in [-0.1, -0.05) is 19.8 Å². The second kappa shape index (κ2) is 7.58. The first-order valence-electron chi connectivity index (χ1n) is 4.57. The van der Waals surface area contributed by atoms with E-state index in [2.05, 4.69) is 12.2 Å². The van der Waals surface area contributed by atoms with E-state index in [1.807, 2.05) is 6.92 Å². The zero-order chi connectivity index (χ0) is 10.1. The molecule has 4 heteroatoms. The molecule has 4 nitrogen and oxygen atoms in total. The topological polar surface area (TPSA) is 55.4 Å². The zero-order valence-corrected chi connectivity index (χ0v) is 8.21. The SMILES string of the molecule is CCCC[C@@H](C)OC(=O)CNC=O. The van der Waals surface area contributed by atoms with Gasteiger partial charge in [-0.05, 0) is 13.3 Å². The molecular formula is C9H17NO3. The average Bonchev–Trinajstić information content (AvgIpc) is 2.11. The number of esters is 1. The highest BCUT2D eigenvalue weighted by Crippen LogP contribution is 2.03. The smallest absolute Gasteiger partial charge is 0.325 e. The second-order valence-corrected chi connectivity index (χ2v) is 2.94. The highest BCUT2D eigenvalue weighted by Gasteiger charge is 2.07. The molecule has 0 aromatic rings. The van der Waals surface area contributed by atoms with Crippen LogP contribution in [0.2, 0.25) is 0 Å². The summed E-state index contributed by atoms with van der Waals surface area (Å²) < 4.78 is 4.99. The van der Waals surface area contributed by atoms with Crippen molar-refractivity contribution >= 4 is 12.4 Å². The number of hydrogen-bond acceptors (Lipinski definition) is 3. The molecule has 0 saturated heterocycles. The van der Waals surface area contributed by atoms with Crippen LogP contribution in [0, 0.1) is 0 Å². The van der Waals surface area contributed by atoms with E-state index < -0.39 is 0 Å². The van der Waals surface area contributed by atoms with Gasteiger partial charge >= 0.3 is 5.97 Å². The fourth-order valence-corrected chi connectivity index (χ4v) is 0.942. The Labute approximate surface area is 78.6 Å². The van der Waals surface area contributed by atoms with Crippen LogP contribution in [0.25, 0.3) is 0 Å². The summed E-state index contributed by atoms with van der Waals surface area (Å²) >= 11 is 0. The van der Waals surface area contributed by atoms with Crippen molar-refractivity contribution in [3.8, 4) is 0 Å². The summed E-state index contributed by atoms with van der Waals surface area (Å²) in [6, 6.07) is 0. The number of carbonyl (C=O) groups excluding carboxylic acids is 2. The lowest BCUT2D eigenvalue weighted by Gasteiger charge is -2.11. The van der Waals surface area contributed by atoms with Gasteiger partial charge in [-0.15, -0.1) is 0 Å². The summed E-state index contributed by atoms with van der Waals surface area (Å²) in [6.45, 7) is 3.90. The quantitative estimate of drug-likeness (QED) is 0.475. The van der Waals surface area contributed by atoms with Crippen LogP contribution in [-0.2, 0) is 14.3 Å². The van der Waals surface area contributed by atoms with Gasteiger partial charge in [-0.25, -0.2) is 0 Å². The lowest BCUT2D eigenvalue weighted by atomic mass is 10.2. The Morgan fingerprint density at radius 1 is 1.62 bits per heavy atom. The van der Waals surface area contributed by atoms with E-state index in [0.29, 0.717) is 6.41 Å². The number of amides is 1. The summed E-state index contributed by atoms with van der Waals surface area (Å²) in [4.78, 5) is 20.8. The van der Waals surface area contributed by atoms with Crippen LogP contribution < -0.4 is 5.32 Å². The summed E-state index contributed by atoms with van der Waals surface area (Å²) in [5.41, 5.74) is 0. The maximum absolute atomic E-state index is 10.9. The monoisotopic (exact) mass is 187 g/mol. The third-order valence-corrected chi connectivity index (χ3v) is 1.63. The molecule has 0 aliphatic heterocycles.